The monoisotopic (exact) mass is 486 g/mol. The highest BCUT2D eigenvalue weighted by Gasteiger charge is 2.45. The lowest BCUT2D eigenvalue weighted by molar-refractivity contribution is -0.298. The van der Waals surface area contributed by atoms with Crippen LogP contribution in [0, 0.1) is 6.92 Å². The highest BCUT2D eigenvalue weighted by molar-refractivity contribution is 7.89. The molecule has 183 valence electrons. The zero-order valence-electron chi connectivity index (χ0n) is 20.1. The molecule has 34 heavy (non-hydrogen) atoms. The van der Waals surface area contributed by atoms with E-state index in [-0.39, 0.29) is 11.0 Å². The molecule has 0 unspecified atom stereocenters. The van der Waals surface area contributed by atoms with Gasteiger partial charge in [0.05, 0.1) is 16.6 Å². The van der Waals surface area contributed by atoms with Gasteiger partial charge in [-0.15, -0.1) is 10.3 Å². The number of primary sulfonamides is 1. The summed E-state index contributed by atoms with van der Waals surface area (Å²) in [6, 6.07) is 16.0. The first-order chi connectivity index (χ1) is 15.7. The minimum absolute atomic E-state index is 0.0756. The Morgan fingerprint density at radius 3 is 2.00 bits per heavy atom. The molecule has 0 atom stereocenters. The molecule has 4 rings (SSSR count). The first-order valence-corrected chi connectivity index (χ1v) is 12.6. The third kappa shape index (κ3) is 5.73. The van der Waals surface area contributed by atoms with Gasteiger partial charge in [-0.05, 0) is 65.2 Å². The van der Waals surface area contributed by atoms with Crippen molar-refractivity contribution in [1.29, 1.82) is 0 Å². The van der Waals surface area contributed by atoms with Gasteiger partial charge in [-0.25, -0.2) is 13.6 Å². The Kier molecular flexibility index (Phi) is 7.35. The highest BCUT2D eigenvalue weighted by atomic mass is 32.2. The number of benzene rings is 2. The first-order valence-electron chi connectivity index (χ1n) is 11.0. The van der Waals surface area contributed by atoms with Crippen molar-refractivity contribution in [2.45, 2.75) is 69.5 Å². The van der Waals surface area contributed by atoms with Crippen molar-refractivity contribution in [3.63, 3.8) is 0 Å². The van der Waals surface area contributed by atoms with Crippen molar-refractivity contribution in [3.05, 3.63) is 60.4 Å². The predicted molar refractivity (Wildman–Crippen MR) is 129 cm³/mol. The van der Waals surface area contributed by atoms with Crippen LogP contribution >= 0.6 is 0 Å². The van der Waals surface area contributed by atoms with E-state index in [1.807, 2.05) is 65.0 Å². The smallest absolute Gasteiger partial charge is 0.238 e. The van der Waals surface area contributed by atoms with E-state index >= 15 is 0 Å². The molecule has 8 nitrogen and oxygen atoms in total. The molecule has 9 heteroatoms. The number of piperidine rings is 1. The van der Waals surface area contributed by atoms with Gasteiger partial charge in [0.15, 0.2) is 0 Å². The van der Waals surface area contributed by atoms with E-state index in [2.05, 4.69) is 5.16 Å². The van der Waals surface area contributed by atoms with E-state index in [4.69, 9.17) is 9.66 Å². The molecule has 0 aliphatic carbocycles. The Hall–Kier alpha value is -2.56. The van der Waals surface area contributed by atoms with Crippen LogP contribution in [0.1, 0.15) is 46.3 Å². The van der Waals surface area contributed by atoms with E-state index in [0.717, 1.165) is 27.4 Å². The van der Waals surface area contributed by atoms with Crippen LogP contribution < -0.4 is 5.14 Å². The van der Waals surface area contributed by atoms with Crippen molar-refractivity contribution in [2.24, 2.45) is 5.14 Å². The molecule has 3 N–H and O–H groups in total. The molecule has 1 aliphatic rings. The van der Waals surface area contributed by atoms with Crippen LogP contribution in [0.2, 0.25) is 0 Å². The lowest BCUT2D eigenvalue weighted by Crippen LogP contribution is -2.59. The van der Waals surface area contributed by atoms with Gasteiger partial charge in [-0.3, -0.25) is 0 Å². The maximum Gasteiger partial charge on any atom is 0.238 e. The fraction of sp³-hybridized carbons (Fsp3) is 0.400. The number of hydrogen-bond acceptors (Lipinski definition) is 6. The fourth-order valence-electron chi connectivity index (χ4n) is 4.53. The summed E-state index contributed by atoms with van der Waals surface area (Å²) in [6.45, 7) is 9.34. The lowest BCUT2D eigenvalue weighted by Gasteiger charge is -2.48. The zero-order valence-corrected chi connectivity index (χ0v) is 21.0. The molecule has 0 saturated carbocycles. The summed E-state index contributed by atoms with van der Waals surface area (Å²) >= 11 is 0. The van der Waals surface area contributed by atoms with Crippen LogP contribution in [0.4, 0.5) is 0 Å². The minimum atomic E-state index is -3.70. The molecular weight excluding hydrogens is 454 g/mol. The molecule has 2 heterocycles. The maximum absolute atomic E-state index is 11.7. The molecule has 1 saturated heterocycles. The second-order valence-corrected chi connectivity index (χ2v) is 11.4. The average molecular weight is 487 g/mol. The topological polar surface area (TPSA) is 130 Å². The largest absolute Gasteiger partial charge is 0.393 e. The Morgan fingerprint density at radius 1 is 0.971 bits per heavy atom. The summed E-state index contributed by atoms with van der Waals surface area (Å²) in [5.41, 5.74) is 2.46. The van der Waals surface area contributed by atoms with Crippen molar-refractivity contribution >= 4 is 10.0 Å². The van der Waals surface area contributed by atoms with Crippen LogP contribution in [0.5, 0.6) is 0 Å². The Balaban J connectivity index is 0.000000229. The standard InChI is InChI=1S/C16H14N2O3S.C9H18NO2/c1-11-15(12-7-9-14(10-8-12)22(17,19)20)16(18-21-11)13-5-3-2-4-6-13;1-8(2)5-7(11)6-9(3,4)10(8)12/h2-10H,1H3,(H2,17,19,20);7,11H,5-6H2,1-4H3. The third-order valence-electron chi connectivity index (χ3n) is 5.95. The van der Waals surface area contributed by atoms with E-state index in [1.165, 1.54) is 12.1 Å². The van der Waals surface area contributed by atoms with Crippen LogP contribution in [0.25, 0.3) is 22.4 Å². The first kappa shape index (κ1) is 26.1. The zero-order chi connectivity index (χ0) is 25.3. The normalized spacial score (nSPS) is 18.2. The summed E-state index contributed by atoms with van der Waals surface area (Å²) in [5, 5.41) is 31.6. The Bertz CT molecular complexity index is 1200. The van der Waals surface area contributed by atoms with Crippen LogP contribution in [-0.4, -0.2) is 40.9 Å². The number of aromatic nitrogens is 1. The summed E-state index contributed by atoms with van der Waals surface area (Å²) in [5.74, 6) is 0.669. The maximum atomic E-state index is 11.7. The van der Waals surface area contributed by atoms with Crippen LogP contribution in [0.3, 0.4) is 0 Å². The summed E-state index contributed by atoms with van der Waals surface area (Å²) < 4.78 is 28.0. The Morgan fingerprint density at radius 2 is 1.50 bits per heavy atom. The van der Waals surface area contributed by atoms with Gasteiger partial charge < -0.3 is 9.63 Å². The van der Waals surface area contributed by atoms with E-state index in [9.17, 15) is 18.7 Å². The van der Waals surface area contributed by atoms with Gasteiger partial charge in [0.25, 0.3) is 0 Å². The number of hydrogen-bond donors (Lipinski definition) is 2. The Labute approximate surface area is 201 Å². The van der Waals surface area contributed by atoms with Crippen molar-refractivity contribution in [2.75, 3.05) is 0 Å². The van der Waals surface area contributed by atoms with E-state index in [1.54, 1.807) is 12.1 Å². The van der Waals surface area contributed by atoms with Gasteiger partial charge in [0.1, 0.15) is 11.5 Å². The number of aliphatic hydroxyl groups is 1. The molecular formula is C25H32N3O5S. The van der Waals surface area contributed by atoms with E-state index < -0.39 is 21.1 Å². The van der Waals surface area contributed by atoms with Gasteiger partial charge in [-0.2, -0.15) is 0 Å². The SMILES string of the molecule is CC1(C)CC(O)CC(C)(C)N1[O].Cc1onc(-c2ccccc2)c1-c1ccc(S(N)(=O)=O)cc1. The molecule has 1 aromatic heterocycles. The number of sulfonamides is 1. The van der Waals surface area contributed by atoms with Crippen molar-refractivity contribution in [1.82, 2.24) is 10.2 Å². The number of rotatable bonds is 3. The highest BCUT2D eigenvalue weighted by Crippen LogP contribution is 2.37. The van der Waals surface area contributed by atoms with E-state index in [0.29, 0.717) is 18.6 Å². The molecule has 3 aromatic rings. The molecule has 0 bridgehead atoms. The number of aryl methyl sites for hydroxylation is 1. The number of hydroxylamine groups is 2. The molecule has 0 spiro atoms. The molecule has 1 fully saturated rings. The fourth-order valence-corrected chi connectivity index (χ4v) is 5.04. The molecule has 1 radical (unpaired) electrons. The van der Waals surface area contributed by atoms with Gasteiger partial charge in [-0.1, -0.05) is 47.6 Å². The van der Waals surface area contributed by atoms with Gasteiger partial charge in [0.2, 0.25) is 10.0 Å². The van der Waals surface area contributed by atoms with Gasteiger partial charge >= 0.3 is 0 Å². The number of nitrogens with zero attached hydrogens (tertiary/aromatic N) is 2. The second-order valence-electron chi connectivity index (χ2n) is 9.88. The average Bonchev–Trinajstić information content (AvgIpc) is 3.13. The van der Waals surface area contributed by atoms with Crippen molar-refractivity contribution in [3.8, 4) is 22.4 Å². The summed E-state index contributed by atoms with van der Waals surface area (Å²) in [4.78, 5) is 0.0756. The van der Waals surface area contributed by atoms with Crippen LogP contribution in [0.15, 0.2) is 64.0 Å². The molecule has 2 aromatic carbocycles. The summed E-state index contributed by atoms with van der Waals surface area (Å²) in [7, 11) is -3.70. The van der Waals surface area contributed by atoms with Gasteiger partial charge in [0, 0.05) is 16.6 Å². The quantitative estimate of drug-likeness (QED) is 0.567. The number of aliphatic hydroxyl groups excluding tert-OH is 1. The number of nitrogens with two attached hydrogens (primary N) is 1. The van der Waals surface area contributed by atoms with Crippen LogP contribution in [-0.2, 0) is 15.2 Å². The third-order valence-corrected chi connectivity index (χ3v) is 6.88. The molecule has 1 aliphatic heterocycles. The summed E-state index contributed by atoms with van der Waals surface area (Å²) in [6.07, 6.45) is 0.806. The predicted octanol–water partition coefficient (Wildman–Crippen LogP) is 4.31. The molecule has 0 amide bonds. The lowest BCUT2D eigenvalue weighted by atomic mass is 9.80. The minimum Gasteiger partial charge on any atom is -0.393 e. The van der Waals surface area contributed by atoms with Crippen molar-refractivity contribution < 1.29 is 23.3 Å². The second kappa shape index (κ2) is 9.59.